The topological polar surface area (TPSA) is 0 Å². The van der Waals surface area contributed by atoms with Gasteiger partial charge in [-0.1, -0.05) is 36.3 Å². The lowest BCUT2D eigenvalue weighted by Gasteiger charge is -2.03. The van der Waals surface area contributed by atoms with Crippen LogP contribution in [0.5, 0.6) is 0 Å². The normalized spacial score (nSPS) is 14.2. The molecule has 0 aromatic carbocycles. The summed E-state index contributed by atoms with van der Waals surface area (Å²) in [7, 11) is 3.27. The molecule has 1 aliphatic heterocycles. The fourth-order valence-corrected chi connectivity index (χ4v) is 2.49. The molecule has 0 saturated heterocycles. The molecule has 0 aliphatic carbocycles. The molecule has 0 saturated carbocycles. The molecule has 0 N–H and O–H groups in total. The molecule has 2 heteroatoms. The van der Waals surface area contributed by atoms with Crippen molar-refractivity contribution >= 4 is 21.6 Å². The molecule has 1 heterocycles. The highest BCUT2D eigenvalue weighted by atomic mass is 33.1. The first kappa shape index (κ1) is 11.9. The van der Waals surface area contributed by atoms with Crippen LogP contribution in [0.1, 0.15) is 6.92 Å². The van der Waals surface area contributed by atoms with Gasteiger partial charge in [0.05, 0.1) is 9.81 Å². The molecule has 0 aromatic heterocycles. The Morgan fingerprint density at radius 3 is 2.20 bits per heavy atom. The molecular weight excluding hydrogens is 220 g/mol. The van der Waals surface area contributed by atoms with Crippen LogP contribution in [-0.4, -0.2) is 0 Å². The van der Waals surface area contributed by atoms with Gasteiger partial charge in [0, 0.05) is 0 Å². The number of hydrogen-bond donors (Lipinski definition) is 0. The highest BCUT2D eigenvalue weighted by Crippen LogP contribution is 2.39. The average Bonchev–Trinajstić information content (AvgIpc) is 2.28. The molecule has 0 unspecified atom stereocenters. The van der Waals surface area contributed by atoms with Gasteiger partial charge in [-0.3, -0.25) is 0 Å². The van der Waals surface area contributed by atoms with Gasteiger partial charge in [-0.2, -0.15) is 0 Å². The molecule has 1 aliphatic rings. The second-order valence-electron chi connectivity index (χ2n) is 2.47. The third kappa shape index (κ3) is 4.70. The van der Waals surface area contributed by atoms with Crippen molar-refractivity contribution in [3.63, 3.8) is 0 Å². The lowest BCUT2D eigenvalue weighted by atomic mass is 10.4. The van der Waals surface area contributed by atoms with Crippen LogP contribution in [0.15, 0.2) is 46.8 Å². The van der Waals surface area contributed by atoms with Gasteiger partial charge >= 0.3 is 0 Å². The van der Waals surface area contributed by atoms with Crippen molar-refractivity contribution in [2.24, 2.45) is 0 Å². The maximum absolute atomic E-state index is 3.55. The molecule has 0 nitrogen and oxygen atoms in total. The Labute approximate surface area is 99.0 Å². The van der Waals surface area contributed by atoms with E-state index in [1.807, 2.05) is 31.2 Å². The lowest BCUT2D eigenvalue weighted by molar-refractivity contribution is 1.76. The largest absolute Gasteiger partial charge is 0.0906 e. The van der Waals surface area contributed by atoms with E-state index >= 15 is 0 Å². The second kappa shape index (κ2) is 7.12. The minimum absolute atomic E-state index is 1.04. The summed E-state index contributed by atoms with van der Waals surface area (Å²) in [4.78, 5) is 2.10. The molecule has 15 heavy (non-hydrogen) atoms. The molecule has 0 atom stereocenters. The summed E-state index contributed by atoms with van der Waals surface area (Å²) in [5.41, 5.74) is 0. The molecule has 0 aromatic rings. The van der Waals surface area contributed by atoms with E-state index in [-0.39, 0.29) is 0 Å². The lowest BCUT2D eigenvalue weighted by Crippen LogP contribution is -1.77. The zero-order chi connectivity index (χ0) is 10.9. The van der Waals surface area contributed by atoms with Gasteiger partial charge in [0.15, 0.2) is 0 Å². The van der Waals surface area contributed by atoms with Crippen molar-refractivity contribution in [2.45, 2.75) is 6.92 Å². The molecule has 0 fully saturated rings. The Balaban J connectivity index is 2.69. The van der Waals surface area contributed by atoms with E-state index in [0.717, 1.165) is 9.81 Å². The number of allylic oxidation sites excluding steroid dienone is 7. The SMILES string of the molecule is C=CC#CC1=CC=C(C#CC=CC)SS1. The first-order chi connectivity index (χ1) is 7.36. The van der Waals surface area contributed by atoms with Gasteiger partial charge in [0.25, 0.3) is 0 Å². The molecule has 0 amide bonds. The molecule has 74 valence electrons. The summed E-state index contributed by atoms with van der Waals surface area (Å²) in [5, 5.41) is 0. The van der Waals surface area contributed by atoms with Crippen LogP contribution in [0.2, 0.25) is 0 Å². The molecule has 0 bridgehead atoms. The van der Waals surface area contributed by atoms with Gasteiger partial charge < -0.3 is 0 Å². The number of rotatable bonds is 0. The second-order valence-corrected chi connectivity index (χ2v) is 4.68. The van der Waals surface area contributed by atoms with E-state index in [2.05, 4.69) is 30.3 Å². The zero-order valence-electron chi connectivity index (χ0n) is 8.41. The van der Waals surface area contributed by atoms with E-state index < -0.39 is 0 Å². The molecule has 1 rings (SSSR count). The third-order valence-corrected chi connectivity index (χ3v) is 3.60. The van der Waals surface area contributed by atoms with Gasteiger partial charge in [0.2, 0.25) is 0 Å². The predicted molar refractivity (Wildman–Crippen MR) is 71.9 cm³/mol. The van der Waals surface area contributed by atoms with Gasteiger partial charge in [-0.05, 0) is 52.8 Å². The van der Waals surface area contributed by atoms with Crippen LogP contribution in [-0.2, 0) is 0 Å². The van der Waals surface area contributed by atoms with E-state index in [9.17, 15) is 0 Å². The maximum atomic E-state index is 3.55. The van der Waals surface area contributed by atoms with Crippen molar-refractivity contribution in [3.05, 3.63) is 46.8 Å². The van der Waals surface area contributed by atoms with E-state index in [1.165, 1.54) is 0 Å². The Bertz CT molecular complexity index is 442. The van der Waals surface area contributed by atoms with Gasteiger partial charge in [0.1, 0.15) is 0 Å². The molecule has 0 radical (unpaired) electrons. The van der Waals surface area contributed by atoms with Crippen LogP contribution in [0.3, 0.4) is 0 Å². The summed E-state index contributed by atoms with van der Waals surface area (Å²) in [6.07, 6.45) is 9.33. The van der Waals surface area contributed by atoms with Gasteiger partial charge in [-0.25, -0.2) is 0 Å². The highest BCUT2D eigenvalue weighted by Gasteiger charge is 2.03. The summed E-state index contributed by atoms with van der Waals surface area (Å²) in [5.74, 6) is 11.8. The minimum atomic E-state index is 1.04. The van der Waals surface area contributed by atoms with Gasteiger partial charge in [-0.15, -0.1) is 0 Å². The van der Waals surface area contributed by atoms with Crippen molar-refractivity contribution in [1.82, 2.24) is 0 Å². The highest BCUT2D eigenvalue weighted by molar-refractivity contribution is 8.79. The monoisotopic (exact) mass is 230 g/mol. The Morgan fingerprint density at radius 1 is 1.13 bits per heavy atom. The Kier molecular flexibility index (Phi) is 5.63. The van der Waals surface area contributed by atoms with E-state index in [1.54, 1.807) is 27.7 Å². The fourth-order valence-electron chi connectivity index (χ4n) is 0.740. The van der Waals surface area contributed by atoms with Crippen LogP contribution in [0.25, 0.3) is 0 Å². The average molecular weight is 230 g/mol. The third-order valence-electron chi connectivity index (χ3n) is 1.35. The van der Waals surface area contributed by atoms with Crippen molar-refractivity contribution < 1.29 is 0 Å². The first-order valence-corrected chi connectivity index (χ1v) is 6.53. The van der Waals surface area contributed by atoms with Crippen molar-refractivity contribution in [1.29, 1.82) is 0 Å². The Hall–Kier alpha value is -1.22. The quantitative estimate of drug-likeness (QED) is 0.457. The van der Waals surface area contributed by atoms with Crippen LogP contribution < -0.4 is 0 Å². The molecular formula is C13H10S2. The Morgan fingerprint density at radius 2 is 1.73 bits per heavy atom. The number of hydrogen-bond acceptors (Lipinski definition) is 2. The fraction of sp³-hybridized carbons (Fsp3) is 0.0769. The smallest absolute Gasteiger partial charge is 0.0689 e. The van der Waals surface area contributed by atoms with Crippen molar-refractivity contribution in [3.8, 4) is 23.7 Å². The van der Waals surface area contributed by atoms with Crippen LogP contribution in [0, 0.1) is 23.7 Å². The minimum Gasteiger partial charge on any atom is -0.0906 e. The molecule has 0 spiro atoms. The standard InChI is InChI=1S/C13H10S2/c1-3-5-7-9-13-11-10-12(14-15-13)8-6-4-2/h3-5,10-11H,2H2,1H3. The van der Waals surface area contributed by atoms with E-state index in [0.29, 0.717) is 0 Å². The van der Waals surface area contributed by atoms with Crippen LogP contribution in [0.4, 0.5) is 0 Å². The zero-order valence-corrected chi connectivity index (χ0v) is 10.0. The first-order valence-electron chi connectivity index (χ1n) is 4.38. The van der Waals surface area contributed by atoms with Crippen molar-refractivity contribution in [2.75, 3.05) is 0 Å². The summed E-state index contributed by atoms with van der Waals surface area (Å²) < 4.78 is 0. The summed E-state index contributed by atoms with van der Waals surface area (Å²) in [6, 6.07) is 0. The van der Waals surface area contributed by atoms with E-state index in [4.69, 9.17) is 0 Å². The predicted octanol–water partition coefficient (Wildman–Crippen LogP) is 3.92. The van der Waals surface area contributed by atoms with Crippen LogP contribution >= 0.6 is 21.6 Å². The maximum Gasteiger partial charge on any atom is 0.0689 e. The summed E-state index contributed by atoms with van der Waals surface area (Å²) >= 11 is 0. The summed E-state index contributed by atoms with van der Waals surface area (Å²) in [6.45, 7) is 5.50.